The molecule has 2 atom stereocenters. The Bertz CT molecular complexity index is 322. The minimum absolute atomic E-state index is 0.195. The fourth-order valence-corrected chi connectivity index (χ4v) is 2.31. The predicted octanol–water partition coefficient (Wildman–Crippen LogP) is 2.14. The third kappa shape index (κ3) is 3.54. The lowest BCUT2D eigenvalue weighted by Gasteiger charge is -2.14. The van der Waals surface area contributed by atoms with Crippen molar-refractivity contribution in [2.75, 3.05) is 13.2 Å². The fourth-order valence-electron chi connectivity index (χ4n) is 2.08. The van der Waals surface area contributed by atoms with Crippen molar-refractivity contribution < 1.29 is 4.74 Å². The number of nitrogens with two attached hydrogens (primary N) is 1. The normalized spacial score (nSPS) is 22.2. The van der Waals surface area contributed by atoms with Crippen molar-refractivity contribution in [2.45, 2.75) is 25.3 Å². The molecule has 2 unspecified atom stereocenters. The lowest BCUT2D eigenvalue weighted by atomic mass is 9.97. The highest BCUT2D eigenvalue weighted by Crippen LogP contribution is 2.19. The van der Waals surface area contributed by atoms with Gasteiger partial charge in [-0.05, 0) is 46.8 Å². The van der Waals surface area contributed by atoms with Gasteiger partial charge in [0.15, 0.2) is 0 Å². The van der Waals surface area contributed by atoms with E-state index in [0.717, 1.165) is 42.6 Å². The van der Waals surface area contributed by atoms with Crippen LogP contribution >= 0.6 is 15.9 Å². The second-order valence-corrected chi connectivity index (χ2v) is 5.31. The third-order valence-electron chi connectivity index (χ3n) is 2.92. The van der Waals surface area contributed by atoms with Crippen LogP contribution in [-0.4, -0.2) is 24.2 Å². The van der Waals surface area contributed by atoms with E-state index in [1.807, 2.05) is 18.3 Å². The molecule has 4 heteroatoms. The molecule has 0 spiro atoms. The summed E-state index contributed by atoms with van der Waals surface area (Å²) in [5.41, 5.74) is 7.18. The van der Waals surface area contributed by atoms with Gasteiger partial charge in [-0.3, -0.25) is 4.98 Å². The molecule has 0 aliphatic carbocycles. The van der Waals surface area contributed by atoms with E-state index in [9.17, 15) is 0 Å². The van der Waals surface area contributed by atoms with Crippen LogP contribution in [0.5, 0.6) is 0 Å². The Labute approximate surface area is 105 Å². The van der Waals surface area contributed by atoms with Gasteiger partial charge in [0.1, 0.15) is 0 Å². The summed E-state index contributed by atoms with van der Waals surface area (Å²) in [7, 11) is 0. The molecule has 0 radical (unpaired) electrons. The number of ether oxygens (including phenoxy) is 1. The molecular formula is C12H17BrN2O. The van der Waals surface area contributed by atoms with Gasteiger partial charge in [-0.1, -0.05) is 0 Å². The Morgan fingerprint density at radius 2 is 2.44 bits per heavy atom. The zero-order valence-corrected chi connectivity index (χ0v) is 10.8. The van der Waals surface area contributed by atoms with Crippen LogP contribution in [0.3, 0.4) is 0 Å². The van der Waals surface area contributed by atoms with Crippen molar-refractivity contribution in [2.24, 2.45) is 11.7 Å². The number of nitrogens with zero attached hydrogens (tertiary/aromatic N) is 1. The van der Waals surface area contributed by atoms with Crippen LogP contribution in [0.25, 0.3) is 0 Å². The highest BCUT2D eigenvalue weighted by molar-refractivity contribution is 9.10. The summed E-state index contributed by atoms with van der Waals surface area (Å²) in [6.07, 6.45) is 4.86. The molecule has 0 amide bonds. The molecule has 3 nitrogen and oxygen atoms in total. The van der Waals surface area contributed by atoms with Gasteiger partial charge in [-0.2, -0.15) is 0 Å². The van der Waals surface area contributed by atoms with Crippen LogP contribution in [-0.2, 0) is 11.2 Å². The molecule has 0 aromatic carbocycles. The molecule has 0 bridgehead atoms. The first kappa shape index (κ1) is 12.0. The highest BCUT2D eigenvalue weighted by atomic mass is 79.9. The van der Waals surface area contributed by atoms with E-state index in [1.165, 1.54) is 0 Å². The largest absolute Gasteiger partial charge is 0.381 e. The van der Waals surface area contributed by atoms with E-state index >= 15 is 0 Å². The number of hydrogen-bond donors (Lipinski definition) is 1. The second-order valence-electron chi connectivity index (χ2n) is 4.40. The summed E-state index contributed by atoms with van der Waals surface area (Å²) in [4.78, 5) is 4.33. The van der Waals surface area contributed by atoms with E-state index in [-0.39, 0.29) is 6.04 Å². The monoisotopic (exact) mass is 284 g/mol. The van der Waals surface area contributed by atoms with Gasteiger partial charge in [0, 0.05) is 42.0 Å². The standard InChI is InChI=1S/C12H17BrN2O/c13-10-1-2-12(15-7-10)6-11(14)5-9-3-4-16-8-9/h1-2,7,9,11H,3-6,8,14H2. The van der Waals surface area contributed by atoms with E-state index < -0.39 is 0 Å². The molecule has 1 fully saturated rings. The lowest BCUT2D eigenvalue weighted by molar-refractivity contribution is 0.182. The molecule has 88 valence electrons. The molecule has 1 saturated heterocycles. The van der Waals surface area contributed by atoms with E-state index in [2.05, 4.69) is 20.9 Å². The van der Waals surface area contributed by atoms with Crippen molar-refractivity contribution in [1.82, 2.24) is 4.98 Å². The smallest absolute Gasteiger partial charge is 0.0495 e. The summed E-state index contributed by atoms with van der Waals surface area (Å²) in [6.45, 7) is 1.77. The summed E-state index contributed by atoms with van der Waals surface area (Å²) >= 11 is 3.37. The molecule has 1 aromatic heterocycles. The van der Waals surface area contributed by atoms with Gasteiger partial charge in [0.25, 0.3) is 0 Å². The molecule has 2 rings (SSSR count). The van der Waals surface area contributed by atoms with Crippen molar-refractivity contribution in [1.29, 1.82) is 0 Å². The summed E-state index contributed by atoms with van der Waals surface area (Å²) in [5, 5.41) is 0. The van der Waals surface area contributed by atoms with Gasteiger partial charge in [0.05, 0.1) is 0 Å². The third-order valence-corrected chi connectivity index (χ3v) is 3.39. The molecule has 1 aliphatic rings. The molecule has 1 aliphatic heterocycles. The number of halogens is 1. The number of aromatic nitrogens is 1. The van der Waals surface area contributed by atoms with Crippen molar-refractivity contribution >= 4 is 15.9 Å². The number of pyridine rings is 1. The van der Waals surface area contributed by atoms with E-state index in [1.54, 1.807) is 0 Å². The average molecular weight is 285 g/mol. The first-order valence-corrected chi connectivity index (χ1v) is 6.47. The number of hydrogen-bond acceptors (Lipinski definition) is 3. The summed E-state index contributed by atoms with van der Waals surface area (Å²) < 4.78 is 6.35. The molecular weight excluding hydrogens is 268 g/mol. The predicted molar refractivity (Wildman–Crippen MR) is 67.2 cm³/mol. The molecule has 2 heterocycles. The maximum atomic E-state index is 6.12. The minimum atomic E-state index is 0.195. The summed E-state index contributed by atoms with van der Waals surface area (Å²) in [5.74, 6) is 0.644. The van der Waals surface area contributed by atoms with Gasteiger partial charge < -0.3 is 10.5 Å². The van der Waals surface area contributed by atoms with E-state index in [0.29, 0.717) is 5.92 Å². The number of rotatable bonds is 4. The van der Waals surface area contributed by atoms with Crippen molar-refractivity contribution in [3.05, 3.63) is 28.5 Å². The Kier molecular flexibility index (Phi) is 4.32. The van der Waals surface area contributed by atoms with E-state index in [4.69, 9.17) is 10.5 Å². The zero-order chi connectivity index (χ0) is 11.4. The molecule has 0 saturated carbocycles. The molecule has 2 N–H and O–H groups in total. The fraction of sp³-hybridized carbons (Fsp3) is 0.583. The highest BCUT2D eigenvalue weighted by Gasteiger charge is 2.18. The van der Waals surface area contributed by atoms with Crippen molar-refractivity contribution in [3.8, 4) is 0 Å². The van der Waals surface area contributed by atoms with Crippen LogP contribution < -0.4 is 5.73 Å². The van der Waals surface area contributed by atoms with Gasteiger partial charge in [-0.15, -0.1) is 0 Å². The SMILES string of the molecule is NC(Cc1ccc(Br)cn1)CC1CCOC1. The molecule has 16 heavy (non-hydrogen) atoms. The Balaban J connectivity index is 1.81. The maximum Gasteiger partial charge on any atom is 0.0495 e. The molecule has 1 aromatic rings. The Morgan fingerprint density at radius 1 is 1.56 bits per heavy atom. The van der Waals surface area contributed by atoms with Crippen LogP contribution in [0, 0.1) is 5.92 Å². The minimum Gasteiger partial charge on any atom is -0.381 e. The average Bonchev–Trinajstić information content (AvgIpc) is 2.74. The zero-order valence-electron chi connectivity index (χ0n) is 9.23. The van der Waals surface area contributed by atoms with Gasteiger partial charge >= 0.3 is 0 Å². The topological polar surface area (TPSA) is 48.1 Å². The Morgan fingerprint density at radius 3 is 3.06 bits per heavy atom. The van der Waals surface area contributed by atoms with Crippen molar-refractivity contribution in [3.63, 3.8) is 0 Å². The first-order chi connectivity index (χ1) is 7.74. The van der Waals surface area contributed by atoms with Gasteiger partial charge in [0.2, 0.25) is 0 Å². The Hall–Kier alpha value is -0.450. The van der Waals surface area contributed by atoms with Crippen LogP contribution in [0.4, 0.5) is 0 Å². The maximum absolute atomic E-state index is 6.12. The van der Waals surface area contributed by atoms with Crippen LogP contribution in [0.2, 0.25) is 0 Å². The quantitative estimate of drug-likeness (QED) is 0.922. The van der Waals surface area contributed by atoms with Crippen LogP contribution in [0.1, 0.15) is 18.5 Å². The first-order valence-electron chi connectivity index (χ1n) is 5.68. The second kappa shape index (κ2) is 5.75. The van der Waals surface area contributed by atoms with Crippen LogP contribution in [0.15, 0.2) is 22.8 Å². The van der Waals surface area contributed by atoms with Gasteiger partial charge in [-0.25, -0.2) is 0 Å². The summed E-state index contributed by atoms with van der Waals surface area (Å²) in [6, 6.07) is 4.23. The lowest BCUT2D eigenvalue weighted by Crippen LogP contribution is -2.26.